The average Bonchev–Trinajstić information content (AvgIpc) is 2.28. The van der Waals surface area contributed by atoms with Gasteiger partial charge in [-0.3, -0.25) is 4.99 Å². The molecule has 0 aliphatic heterocycles. The second-order valence-electron chi connectivity index (χ2n) is 4.48. The normalized spacial score (nSPS) is 12.2. The number of aliphatic hydroxyl groups is 1. The Labute approximate surface area is 96.5 Å². The van der Waals surface area contributed by atoms with Gasteiger partial charge in [-0.1, -0.05) is 13.0 Å². The van der Waals surface area contributed by atoms with Gasteiger partial charge in [-0.05, 0) is 38.0 Å². The van der Waals surface area contributed by atoms with Crippen LogP contribution in [0.25, 0.3) is 0 Å². The zero-order valence-corrected chi connectivity index (χ0v) is 10.1. The van der Waals surface area contributed by atoms with Gasteiger partial charge in [0.1, 0.15) is 5.75 Å². The van der Waals surface area contributed by atoms with Crippen LogP contribution < -0.4 is 0 Å². The molecule has 0 spiro atoms. The molecular weight excluding hydrogens is 202 g/mol. The second-order valence-corrected chi connectivity index (χ2v) is 4.48. The standard InChI is InChI=1S/C13H19NO2/c1-4-10-5-6-12(16)11(7-10)8-14-13(2,3)9-15/h5-8,15-16H,4,9H2,1-3H3/b14-8+. The molecule has 0 bridgehead atoms. The molecule has 0 radical (unpaired) electrons. The number of nitrogens with zero attached hydrogens (tertiary/aromatic N) is 1. The third kappa shape index (κ3) is 3.35. The molecule has 0 amide bonds. The zero-order valence-electron chi connectivity index (χ0n) is 10.1. The number of aliphatic hydroxyl groups excluding tert-OH is 1. The van der Waals surface area contributed by atoms with Gasteiger partial charge in [0.05, 0.1) is 12.1 Å². The molecule has 0 aliphatic carbocycles. The van der Waals surface area contributed by atoms with E-state index in [0.717, 1.165) is 12.0 Å². The van der Waals surface area contributed by atoms with Crippen molar-refractivity contribution in [3.05, 3.63) is 29.3 Å². The van der Waals surface area contributed by atoms with Crippen LogP contribution in [-0.2, 0) is 6.42 Å². The fraction of sp³-hybridized carbons (Fsp3) is 0.462. The average molecular weight is 221 g/mol. The Bertz CT molecular complexity index is 384. The Balaban J connectivity index is 2.96. The number of rotatable bonds is 4. The van der Waals surface area contributed by atoms with Crippen molar-refractivity contribution >= 4 is 6.21 Å². The number of aliphatic imine (C=N–C) groups is 1. The Morgan fingerprint density at radius 3 is 2.62 bits per heavy atom. The molecule has 2 N–H and O–H groups in total. The van der Waals surface area contributed by atoms with E-state index in [4.69, 9.17) is 5.11 Å². The van der Waals surface area contributed by atoms with Crippen LogP contribution in [0, 0.1) is 0 Å². The monoisotopic (exact) mass is 221 g/mol. The van der Waals surface area contributed by atoms with E-state index in [-0.39, 0.29) is 12.4 Å². The van der Waals surface area contributed by atoms with Crippen molar-refractivity contribution in [2.45, 2.75) is 32.7 Å². The van der Waals surface area contributed by atoms with Crippen LogP contribution in [0.5, 0.6) is 5.75 Å². The first kappa shape index (κ1) is 12.7. The highest BCUT2D eigenvalue weighted by molar-refractivity contribution is 5.83. The topological polar surface area (TPSA) is 52.8 Å². The number of phenols is 1. The van der Waals surface area contributed by atoms with E-state index in [1.165, 1.54) is 0 Å². The summed E-state index contributed by atoms with van der Waals surface area (Å²) in [6.45, 7) is 5.72. The number of benzene rings is 1. The molecule has 1 aromatic rings. The lowest BCUT2D eigenvalue weighted by Gasteiger charge is -2.15. The summed E-state index contributed by atoms with van der Waals surface area (Å²) in [7, 11) is 0. The lowest BCUT2D eigenvalue weighted by atomic mass is 10.1. The van der Waals surface area contributed by atoms with Crippen LogP contribution in [0.2, 0.25) is 0 Å². The zero-order chi connectivity index (χ0) is 12.2. The minimum Gasteiger partial charge on any atom is -0.507 e. The second kappa shape index (κ2) is 5.12. The number of aryl methyl sites for hydroxylation is 1. The predicted octanol–water partition coefficient (Wildman–Crippen LogP) is 2.14. The maximum absolute atomic E-state index is 9.65. The predicted molar refractivity (Wildman–Crippen MR) is 66.2 cm³/mol. The minimum absolute atomic E-state index is 0.0161. The molecule has 3 nitrogen and oxygen atoms in total. The van der Waals surface area contributed by atoms with Crippen molar-refractivity contribution in [2.75, 3.05) is 6.61 Å². The third-order valence-corrected chi connectivity index (χ3v) is 2.44. The Morgan fingerprint density at radius 2 is 2.06 bits per heavy atom. The highest BCUT2D eigenvalue weighted by atomic mass is 16.3. The van der Waals surface area contributed by atoms with Crippen LogP contribution in [0.3, 0.4) is 0 Å². The largest absolute Gasteiger partial charge is 0.507 e. The maximum atomic E-state index is 9.65. The highest BCUT2D eigenvalue weighted by Crippen LogP contribution is 2.18. The molecule has 88 valence electrons. The minimum atomic E-state index is -0.505. The van der Waals surface area contributed by atoms with Crippen LogP contribution in [-0.4, -0.2) is 28.6 Å². The maximum Gasteiger partial charge on any atom is 0.124 e. The first-order valence-electron chi connectivity index (χ1n) is 5.46. The van der Waals surface area contributed by atoms with Crippen molar-refractivity contribution < 1.29 is 10.2 Å². The summed E-state index contributed by atoms with van der Waals surface area (Å²) in [6, 6.07) is 5.47. The molecule has 1 rings (SSSR count). The first-order chi connectivity index (χ1) is 7.48. The quantitative estimate of drug-likeness (QED) is 0.765. The molecule has 1 aromatic carbocycles. The molecular formula is C13H19NO2. The van der Waals surface area contributed by atoms with Gasteiger partial charge in [0.2, 0.25) is 0 Å². The summed E-state index contributed by atoms with van der Waals surface area (Å²) in [5.41, 5.74) is 1.34. The SMILES string of the molecule is CCc1ccc(O)c(/C=N/C(C)(C)CO)c1. The van der Waals surface area contributed by atoms with Gasteiger partial charge in [-0.25, -0.2) is 0 Å². The van der Waals surface area contributed by atoms with Crippen LogP contribution >= 0.6 is 0 Å². The molecule has 0 unspecified atom stereocenters. The van der Waals surface area contributed by atoms with Crippen molar-refractivity contribution in [2.24, 2.45) is 4.99 Å². The molecule has 0 atom stereocenters. The van der Waals surface area contributed by atoms with E-state index < -0.39 is 5.54 Å². The van der Waals surface area contributed by atoms with Crippen molar-refractivity contribution in [3.63, 3.8) is 0 Å². The van der Waals surface area contributed by atoms with E-state index in [2.05, 4.69) is 11.9 Å². The highest BCUT2D eigenvalue weighted by Gasteiger charge is 2.13. The lowest BCUT2D eigenvalue weighted by molar-refractivity contribution is 0.223. The van der Waals surface area contributed by atoms with E-state index in [1.807, 2.05) is 26.0 Å². The van der Waals surface area contributed by atoms with Gasteiger partial charge in [0.25, 0.3) is 0 Å². The van der Waals surface area contributed by atoms with E-state index in [9.17, 15) is 5.11 Å². The smallest absolute Gasteiger partial charge is 0.124 e. The number of hydrogen-bond donors (Lipinski definition) is 2. The summed E-state index contributed by atoms with van der Waals surface area (Å²) >= 11 is 0. The summed E-state index contributed by atoms with van der Waals surface area (Å²) in [5, 5.41) is 18.7. The van der Waals surface area contributed by atoms with Gasteiger partial charge in [0, 0.05) is 11.8 Å². The number of hydrogen-bond acceptors (Lipinski definition) is 3. The lowest BCUT2D eigenvalue weighted by Crippen LogP contribution is -2.22. The van der Waals surface area contributed by atoms with Crippen LogP contribution in [0.1, 0.15) is 31.9 Å². The Kier molecular flexibility index (Phi) is 4.07. The summed E-state index contributed by atoms with van der Waals surface area (Å²) in [5.74, 6) is 0.217. The Morgan fingerprint density at radius 1 is 1.38 bits per heavy atom. The summed E-state index contributed by atoms with van der Waals surface area (Å²) < 4.78 is 0. The fourth-order valence-corrected chi connectivity index (χ4v) is 1.21. The van der Waals surface area contributed by atoms with E-state index in [1.54, 1.807) is 12.3 Å². The van der Waals surface area contributed by atoms with Crippen molar-refractivity contribution in [1.29, 1.82) is 0 Å². The molecule has 0 aliphatic rings. The number of phenolic OH excluding ortho intramolecular Hbond substituents is 1. The Hall–Kier alpha value is -1.35. The summed E-state index contributed by atoms with van der Waals surface area (Å²) in [6.07, 6.45) is 2.54. The molecule has 0 saturated carbocycles. The van der Waals surface area contributed by atoms with Gasteiger partial charge in [0.15, 0.2) is 0 Å². The van der Waals surface area contributed by atoms with Gasteiger partial charge in [-0.15, -0.1) is 0 Å². The molecule has 0 heterocycles. The van der Waals surface area contributed by atoms with Gasteiger partial charge in [-0.2, -0.15) is 0 Å². The molecule has 0 aromatic heterocycles. The fourth-order valence-electron chi connectivity index (χ4n) is 1.21. The molecule has 0 fully saturated rings. The first-order valence-corrected chi connectivity index (χ1v) is 5.46. The van der Waals surface area contributed by atoms with Crippen molar-refractivity contribution in [1.82, 2.24) is 0 Å². The van der Waals surface area contributed by atoms with E-state index >= 15 is 0 Å². The molecule has 16 heavy (non-hydrogen) atoms. The number of aromatic hydroxyl groups is 1. The summed E-state index contributed by atoms with van der Waals surface area (Å²) in [4.78, 5) is 4.25. The van der Waals surface area contributed by atoms with Gasteiger partial charge >= 0.3 is 0 Å². The van der Waals surface area contributed by atoms with Crippen molar-refractivity contribution in [3.8, 4) is 5.75 Å². The van der Waals surface area contributed by atoms with Crippen LogP contribution in [0.15, 0.2) is 23.2 Å². The van der Waals surface area contributed by atoms with E-state index in [0.29, 0.717) is 5.56 Å². The van der Waals surface area contributed by atoms with Crippen LogP contribution in [0.4, 0.5) is 0 Å². The molecule has 3 heteroatoms. The third-order valence-electron chi connectivity index (χ3n) is 2.44. The van der Waals surface area contributed by atoms with Gasteiger partial charge < -0.3 is 10.2 Å². The molecule has 0 saturated heterocycles.